The number of methoxy groups -OCH3 is 1. The van der Waals surface area contributed by atoms with E-state index in [0.29, 0.717) is 36.4 Å². The number of H-pyrrole nitrogens is 1. The number of ether oxygens (including phenoxy) is 1. The number of aromatic amines is 1. The van der Waals surface area contributed by atoms with Crippen LogP contribution in [0.15, 0.2) is 58.7 Å². The molecule has 2 N–H and O–H groups in total. The molecule has 0 unspecified atom stereocenters. The lowest BCUT2D eigenvalue weighted by atomic mass is 9.90. The monoisotopic (exact) mass is 583 g/mol. The molecule has 0 saturated carbocycles. The largest absolute Gasteiger partial charge is 0.496 e. The first-order valence-corrected chi connectivity index (χ1v) is 14.2. The third-order valence-corrected chi connectivity index (χ3v) is 9.18. The smallest absolute Gasteiger partial charge is 0.416 e. The van der Waals surface area contributed by atoms with Gasteiger partial charge in [-0.1, -0.05) is 12.1 Å². The van der Waals surface area contributed by atoms with E-state index in [1.165, 1.54) is 29.2 Å². The Labute approximate surface area is 237 Å². The van der Waals surface area contributed by atoms with E-state index in [2.05, 4.69) is 4.98 Å². The van der Waals surface area contributed by atoms with Gasteiger partial charge in [-0.3, -0.25) is 9.59 Å². The van der Waals surface area contributed by atoms with Crippen LogP contribution in [0.2, 0.25) is 0 Å². The van der Waals surface area contributed by atoms with E-state index in [1.54, 1.807) is 25.3 Å². The molecule has 2 aliphatic heterocycles. The number of halogens is 3. The highest BCUT2D eigenvalue weighted by Crippen LogP contribution is 2.46. The summed E-state index contributed by atoms with van der Waals surface area (Å²) in [5, 5.41) is 12.2. The number of benzene rings is 1. The third-order valence-electron chi connectivity index (χ3n) is 8.27. The van der Waals surface area contributed by atoms with Crippen LogP contribution in [0.25, 0.3) is 33.0 Å². The Balaban J connectivity index is 1.53. The summed E-state index contributed by atoms with van der Waals surface area (Å²) in [7, 11) is 1.56. The molecular formula is C30H28F3N3O4S. The highest BCUT2D eigenvalue weighted by molar-refractivity contribution is 7.13. The first kappa shape index (κ1) is 27.3. The van der Waals surface area contributed by atoms with Crippen molar-refractivity contribution in [2.45, 2.75) is 50.6 Å². The minimum atomic E-state index is -4.86. The van der Waals surface area contributed by atoms with E-state index >= 15 is 0 Å². The van der Waals surface area contributed by atoms with Gasteiger partial charge in [-0.15, -0.1) is 11.3 Å². The average molecular weight is 584 g/mol. The SMILES string of the molecule is COc1cc2c(cc1-c1cccc(=O)[nH]1)-c1c(-c3cccs3)cc(C(=O)N3CCC[C@]3(C)[C@H](O)C(F)(F)F)n1CC2. The molecule has 4 aromatic rings. The summed E-state index contributed by atoms with van der Waals surface area (Å²) in [6, 6.07) is 14.3. The van der Waals surface area contributed by atoms with Gasteiger partial charge in [-0.05, 0) is 67.5 Å². The molecule has 0 bridgehead atoms. The number of nitrogens with zero attached hydrogens (tertiary/aromatic N) is 2. The predicted molar refractivity (Wildman–Crippen MR) is 150 cm³/mol. The maximum absolute atomic E-state index is 14.1. The van der Waals surface area contributed by atoms with Crippen LogP contribution in [-0.2, 0) is 13.0 Å². The standard InChI is InChI=1S/C30H28F3N3O4S/c1-29(28(39)30(31,32)33)10-5-11-36(29)27(38)22-16-20(24-7-4-13-41-24)26-18-15-19(21-6-3-8-25(37)34-21)23(40-2)14-17(18)9-12-35(22)26/h3-4,6-8,13-16,28,39H,5,9-12H2,1-2H3,(H,34,37)/t28-,29+/m0/s1. The first-order chi connectivity index (χ1) is 19.5. The molecule has 1 saturated heterocycles. The lowest BCUT2D eigenvalue weighted by Crippen LogP contribution is -2.58. The fraction of sp³-hybridized carbons (Fsp3) is 0.333. The van der Waals surface area contributed by atoms with Crippen LogP contribution in [-0.4, -0.2) is 56.9 Å². The number of fused-ring (bicyclic) bond motifs is 3. The quantitative estimate of drug-likeness (QED) is 0.315. The second-order valence-electron chi connectivity index (χ2n) is 10.7. The molecule has 1 amide bonds. The molecule has 0 radical (unpaired) electrons. The number of aromatic nitrogens is 2. The average Bonchev–Trinajstić information content (AvgIpc) is 3.70. The summed E-state index contributed by atoms with van der Waals surface area (Å²) in [4.78, 5) is 31.1. The summed E-state index contributed by atoms with van der Waals surface area (Å²) in [6.45, 7) is 1.87. The molecule has 0 spiro atoms. The Bertz CT molecular complexity index is 1690. The van der Waals surface area contributed by atoms with Crippen molar-refractivity contribution in [3.05, 3.63) is 75.5 Å². The number of aryl methyl sites for hydroxylation is 1. The number of likely N-dealkylation sites (tertiary alicyclic amines) is 1. The van der Waals surface area contributed by atoms with Crippen molar-refractivity contribution < 1.29 is 27.8 Å². The van der Waals surface area contributed by atoms with E-state index < -0.39 is 23.7 Å². The zero-order valence-corrected chi connectivity index (χ0v) is 23.2. The summed E-state index contributed by atoms with van der Waals surface area (Å²) in [5.74, 6) is 0.0514. The van der Waals surface area contributed by atoms with Crippen molar-refractivity contribution >= 4 is 17.2 Å². The third kappa shape index (κ3) is 4.47. The fourth-order valence-corrected chi connectivity index (χ4v) is 6.97. The number of thiophene rings is 1. The number of pyridine rings is 1. The van der Waals surface area contributed by atoms with Gasteiger partial charge in [-0.25, -0.2) is 0 Å². The highest BCUT2D eigenvalue weighted by atomic mass is 32.1. The molecule has 6 rings (SSSR count). The fourth-order valence-electron chi connectivity index (χ4n) is 6.23. The first-order valence-electron chi connectivity index (χ1n) is 13.3. The predicted octanol–water partition coefficient (Wildman–Crippen LogP) is 5.72. The van der Waals surface area contributed by atoms with Gasteiger partial charge in [0, 0.05) is 40.7 Å². The number of hydrogen-bond acceptors (Lipinski definition) is 5. The topological polar surface area (TPSA) is 87.6 Å². The zero-order chi connectivity index (χ0) is 29.1. The molecule has 3 aromatic heterocycles. The van der Waals surface area contributed by atoms with Gasteiger partial charge in [0.2, 0.25) is 5.56 Å². The number of rotatable bonds is 5. The van der Waals surface area contributed by atoms with Crippen molar-refractivity contribution in [1.82, 2.24) is 14.5 Å². The number of carbonyl (C=O) groups excluding carboxylic acids is 1. The lowest BCUT2D eigenvalue weighted by Gasteiger charge is -2.40. The van der Waals surface area contributed by atoms with Gasteiger partial charge in [0.15, 0.2) is 6.10 Å². The van der Waals surface area contributed by atoms with Gasteiger partial charge in [0.25, 0.3) is 5.91 Å². The van der Waals surface area contributed by atoms with Gasteiger partial charge in [0.05, 0.1) is 24.0 Å². The Morgan fingerprint density at radius 1 is 1.12 bits per heavy atom. The second-order valence-corrected chi connectivity index (χ2v) is 11.6. The van der Waals surface area contributed by atoms with Gasteiger partial charge < -0.3 is 24.3 Å². The van der Waals surface area contributed by atoms with E-state index in [4.69, 9.17) is 4.74 Å². The Morgan fingerprint density at radius 3 is 2.61 bits per heavy atom. The molecule has 1 fully saturated rings. The van der Waals surface area contributed by atoms with Crippen molar-refractivity contribution in [3.8, 4) is 38.7 Å². The van der Waals surface area contributed by atoms with Crippen LogP contribution in [0.4, 0.5) is 13.2 Å². The Hall–Kier alpha value is -3.83. The minimum absolute atomic E-state index is 0.0476. The number of amides is 1. The minimum Gasteiger partial charge on any atom is -0.496 e. The normalized spacial score (nSPS) is 19.1. The van der Waals surface area contributed by atoms with Crippen LogP contribution in [0, 0.1) is 0 Å². The molecule has 11 heteroatoms. The number of aliphatic hydroxyl groups excluding tert-OH is 1. The van der Waals surface area contributed by atoms with Crippen molar-refractivity contribution in [1.29, 1.82) is 0 Å². The number of aliphatic hydroxyl groups is 1. The maximum Gasteiger partial charge on any atom is 0.416 e. The molecule has 2 atom stereocenters. The highest BCUT2D eigenvalue weighted by Gasteiger charge is 2.56. The summed E-state index contributed by atoms with van der Waals surface area (Å²) in [5.41, 5.74) is 2.90. The van der Waals surface area contributed by atoms with E-state index in [0.717, 1.165) is 27.3 Å². The molecule has 41 heavy (non-hydrogen) atoms. The molecule has 5 heterocycles. The van der Waals surface area contributed by atoms with Gasteiger partial charge >= 0.3 is 6.18 Å². The molecular weight excluding hydrogens is 555 g/mol. The molecule has 2 aliphatic rings. The number of carbonyl (C=O) groups is 1. The molecule has 0 aliphatic carbocycles. The zero-order valence-electron chi connectivity index (χ0n) is 22.4. The van der Waals surface area contributed by atoms with Crippen LogP contribution >= 0.6 is 11.3 Å². The molecule has 214 valence electrons. The van der Waals surface area contributed by atoms with Crippen molar-refractivity contribution in [3.63, 3.8) is 0 Å². The summed E-state index contributed by atoms with van der Waals surface area (Å²) < 4.78 is 48.5. The van der Waals surface area contributed by atoms with Gasteiger partial charge in [-0.2, -0.15) is 13.2 Å². The summed E-state index contributed by atoms with van der Waals surface area (Å²) >= 11 is 1.50. The number of alkyl halides is 3. The Morgan fingerprint density at radius 2 is 1.93 bits per heavy atom. The lowest BCUT2D eigenvalue weighted by molar-refractivity contribution is -0.232. The van der Waals surface area contributed by atoms with E-state index in [-0.39, 0.29) is 24.2 Å². The van der Waals surface area contributed by atoms with Crippen LogP contribution in [0.1, 0.15) is 35.8 Å². The van der Waals surface area contributed by atoms with Crippen molar-refractivity contribution in [2.75, 3.05) is 13.7 Å². The molecule has 7 nitrogen and oxygen atoms in total. The van der Waals surface area contributed by atoms with Crippen molar-refractivity contribution in [2.24, 2.45) is 0 Å². The maximum atomic E-state index is 14.1. The number of nitrogens with one attached hydrogen (secondary N) is 1. The molecule has 1 aromatic carbocycles. The van der Waals surface area contributed by atoms with E-state index in [9.17, 15) is 27.9 Å². The van der Waals surface area contributed by atoms with Gasteiger partial charge in [0.1, 0.15) is 11.4 Å². The number of hydrogen-bond donors (Lipinski definition) is 2. The van der Waals surface area contributed by atoms with E-state index in [1.807, 2.05) is 34.2 Å². The summed E-state index contributed by atoms with van der Waals surface area (Å²) in [6.07, 6.45) is -6.54. The Kier molecular flexibility index (Phi) is 6.61. The van der Waals surface area contributed by atoms with Crippen LogP contribution in [0.5, 0.6) is 5.75 Å². The van der Waals surface area contributed by atoms with Crippen LogP contribution < -0.4 is 10.3 Å². The second kappa shape index (κ2) is 9.92. The van der Waals surface area contributed by atoms with Crippen LogP contribution in [0.3, 0.4) is 0 Å².